The van der Waals surface area contributed by atoms with Crippen LogP contribution in [0.25, 0.3) is 0 Å². The van der Waals surface area contributed by atoms with Gasteiger partial charge < -0.3 is 20.5 Å². The van der Waals surface area contributed by atoms with Crippen LogP contribution in [-0.2, 0) is 14.3 Å². The Morgan fingerprint density at radius 2 is 2.05 bits per heavy atom. The largest absolute Gasteiger partial charge is 0.465 e. The minimum absolute atomic E-state index is 0.305. The summed E-state index contributed by atoms with van der Waals surface area (Å²) in [7, 11) is 2.83. The van der Waals surface area contributed by atoms with Gasteiger partial charge in [0.25, 0.3) is 0 Å². The lowest BCUT2D eigenvalue weighted by atomic mass is 10.1. The standard InChI is InChI=1S/C14H20N2O4/c1-9-4-5-12(10(8-9)14(18)20-3)16-13(17)11(15)6-7-19-2/h4-5,8,11H,6-7,15H2,1-3H3,(H,16,17). The van der Waals surface area contributed by atoms with E-state index in [9.17, 15) is 9.59 Å². The van der Waals surface area contributed by atoms with Gasteiger partial charge in [-0.05, 0) is 25.5 Å². The molecular weight excluding hydrogens is 260 g/mol. The molecule has 6 nitrogen and oxygen atoms in total. The van der Waals surface area contributed by atoms with E-state index >= 15 is 0 Å². The van der Waals surface area contributed by atoms with E-state index in [0.29, 0.717) is 24.3 Å². The summed E-state index contributed by atoms with van der Waals surface area (Å²) in [6, 6.07) is 4.41. The van der Waals surface area contributed by atoms with Crippen molar-refractivity contribution < 1.29 is 19.1 Å². The van der Waals surface area contributed by atoms with Crippen LogP contribution < -0.4 is 11.1 Å². The molecule has 0 aliphatic carbocycles. The predicted octanol–water partition coefficient (Wildman–Crippen LogP) is 1.08. The van der Waals surface area contributed by atoms with Crippen LogP contribution >= 0.6 is 0 Å². The number of anilines is 1. The van der Waals surface area contributed by atoms with Crippen molar-refractivity contribution in [2.45, 2.75) is 19.4 Å². The number of nitrogens with two attached hydrogens (primary N) is 1. The molecule has 6 heteroatoms. The number of aryl methyl sites for hydroxylation is 1. The molecule has 0 bridgehead atoms. The third-order valence-corrected chi connectivity index (χ3v) is 2.81. The van der Waals surface area contributed by atoms with E-state index in [2.05, 4.69) is 5.32 Å². The van der Waals surface area contributed by atoms with Gasteiger partial charge in [0.15, 0.2) is 0 Å². The summed E-state index contributed by atoms with van der Waals surface area (Å²) < 4.78 is 9.57. The zero-order valence-electron chi connectivity index (χ0n) is 11.9. The van der Waals surface area contributed by atoms with Crippen LogP contribution in [0, 0.1) is 6.92 Å². The molecule has 1 unspecified atom stereocenters. The van der Waals surface area contributed by atoms with Crippen molar-refractivity contribution in [3.8, 4) is 0 Å². The Morgan fingerprint density at radius 1 is 1.35 bits per heavy atom. The molecule has 0 heterocycles. The van der Waals surface area contributed by atoms with Crippen LogP contribution in [0.4, 0.5) is 5.69 Å². The fourth-order valence-corrected chi connectivity index (χ4v) is 1.65. The first-order valence-corrected chi connectivity index (χ1v) is 6.24. The summed E-state index contributed by atoms with van der Waals surface area (Å²) in [5.74, 6) is -0.870. The minimum Gasteiger partial charge on any atom is -0.465 e. The number of ether oxygens (including phenoxy) is 2. The number of benzene rings is 1. The van der Waals surface area contributed by atoms with E-state index in [1.165, 1.54) is 7.11 Å². The van der Waals surface area contributed by atoms with Crippen molar-refractivity contribution in [1.29, 1.82) is 0 Å². The number of carbonyl (C=O) groups excluding carboxylic acids is 2. The molecule has 0 saturated carbocycles. The third kappa shape index (κ3) is 4.32. The second-order valence-electron chi connectivity index (χ2n) is 4.42. The molecule has 3 N–H and O–H groups in total. The van der Waals surface area contributed by atoms with E-state index in [1.54, 1.807) is 25.3 Å². The van der Waals surface area contributed by atoms with Gasteiger partial charge >= 0.3 is 5.97 Å². The van der Waals surface area contributed by atoms with E-state index in [1.807, 2.05) is 6.92 Å². The highest BCUT2D eigenvalue weighted by Crippen LogP contribution is 2.18. The van der Waals surface area contributed by atoms with Gasteiger partial charge in [0, 0.05) is 13.7 Å². The highest BCUT2D eigenvalue weighted by Gasteiger charge is 2.18. The summed E-state index contributed by atoms with van der Waals surface area (Å²) in [4.78, 5) is 23.6. The van der Waals surface area contributed by atoms with Crippen LogP contribution in [0.1, 0.15) is 22.3 Å². The van der Waals surface area contributed by atoms with Crippen molar-refractivity contribution in [2.75, 3.05) is 26.1 Å². The average molecular weight is 280 g/mol. The van der Waals surface area contributed by atoms with Gasteiger partial charge in [-0.1, -0.05) is 11.6 Å². The molecule has 1 amide bonds. The van der Waals surface area contributed by atoms with Gasteiger partial charge in [-0.2, -0.15) is 0 Å². The Bertz CT molecular complexity index is 488. The monoisotopic (exact) mass is 280 g/mol. The first-order valence-electron chi connectivity index (χ1n) is 6.24. The SMILES string of the molecule is COCCC(N)C(=O)Nc1ccc(C)cc1C(=O)OC. The van der Waals surface area contributed by atoms with Crippen molar-refractivity contribution in [3.63, 3.8) is 0 Å². The van der Waals surface area contributed by atoms with E-state index in [4.69, 9.17) is 15.2 Å². The van der Waals surface area contributed by atoms with Gasteiger partial charge in [-0.15, -0.1) is 0 Å². The lowest BCUT2D eigenvalue weighted by Gasteiger charge is -2.14. The summed E-state index contributed by atoms with van der Waals surface area (Å²) >= 11 is 0. The zero-order valence-corrected chi connectivity index (χ0v) is 11.9. The second kappa shape index (κ2) is 7.62. The number of hydrogen-bond donors (Lipinski definition) is 2. The molecule has 0 aliphatic rings. The Kier molecular flexibility index (Phi) is 6.14. The molecule has 1 rings (SSSR count). The molecule has 1 aromatic rings. The highest BCUT2D eigenvalue weighted by molar-refractivity contribution is 6.02. The molecule has 0 spiro atoms. The molecule has 0 radical (unpaired) electrons. The molecule has 0 aromatic heterocycles. The lowest BCUT2D eigenvalue weighted by Crippen LogP contribution is -2.36. The predicted molar refractivity (Wildman–Crippen MR) is 75.6 cm³/mol. The molecular formula is C14H20N2O4. The Labute approximate surface area is 118 Å². The maximum atomic E-state index is 11.9. The fraction of sp³-hybridized carbons (Fsp3) is 0.429. The molecule has 0 saturated heterocycles. The number of carbonyl (C=O) groups is 2. The van der Waals surface area contributed by atoms with E-state index in [0.717, 1.165) is 5.56 Å². The molecule has 0 fully saturated rings. The topological polar surface area (TPSA) is 90.6 Å². The summed E-state index contributed by atoms with van der Waals surface area (Å²) in [5, 5.41) is 2.64. The third-order valence-electron chi connectivity index (χ3n) is 2.81. The Balaban J connectivity index is 2.86. The molecule has 110 valence electrons. The first kappa shape index (κ1) is 16.1. The highest BCUT2D eigenvalue weighted by atomic mass is 16.5. The van der Waals surface area contributed by atoms with E-state index < -0.39 is 12.0 Å². The summed E-state index contributed by atoms with van der Waals surface area (Å²) in [5.41, 5.74) is 7.32. The van der Waals surface area contributed by atoms with Gasteiger partial charge in [-0.3, -0.25) is 4.79 Å². The van der Waals surface area contributed by atoms with Gasteiger partial charge in [-0.25, -0.2) is 4.79 Å². The van der Waals surface area contributed by atoms with E-state index in [-0.39, 0.29) is 5.91 Å². The quantitative estimate of drug-likeness (QED) is 0.761. The Morgan fingerprint density at radius 3 is 2.65 bits per heavy atom. The fourth-order valence-electron chi connectivity index (χ4n) is 1.65. The van der Waals surface area contributed by atoms with Crippen molar-refractivity contribution >= 4 is 17.6 Å². The summed E-state index contributed by atoms with van der Waals surface area (Å²) in [6.07, 6.45) is 0.405. The number of methoxy groups -OCH3 is 2. The van der Waals surface area contributed by atoms with Crippen LogP contribution in [0.15, 0.2) is 18.2 Å². The van der Waals surface area contributed by atoms with Crippen LogP contribution in [-0.4, -0.2) is 38.7 Å². The maximum Gasteiger partial charge on any atom is 0.339 e. The van der Waals surface area contributed by atoms with Crippen molar-refractivity contribution in [3.05, 3.63) is 29.3 Å². The van der Waals surface area contributed by atoms with Crippen LogP contribution in [0.5, 0.6) is 0 Å². The van der Waals surface area contributed by atoms with Crippen LogP contribution in [0.2, 0.25) is 0 Å². The second-order valence-corrected chi connectivity index (χ2v) is 4.42. The van der Waals surface area contributed by atoms with Gasteiger partial charge in [0.1, 0.15) is 0 Å². The van der Waals surface area contributed by atoms with Gasteiger partial charge in [0.2, 0.25) is 5.91 Å². The van der Waals surface area contributed by atoms with Gasteiger partial charge in [0.05, 0.1) is 24.4 Å². The molecule has 20 heavy (non-hydrogen) atoms. The summed E-state index contributed by atoms with van der Waals surface area (Å²) in [6.45, 7) is 2.24. The van der Waals surface area contributed by atoms with Crippen molar-refractivity contribution in [2.24, 2.45) is 5.73 Å². The lowest BCUT2D eigenvalue weighted by molar-refractivity contribution is -0.117. The minimum atomic E-state index is -0.693. The number of rotatable bonds is 6. The zero-order chi connectivity index (χ0) is 15.1. The normalized spacial score (nSPS) is 11.8. The molecule has 1 atom stereocenters. The van der Waals surface area contributed by atoms with Crippen LogP contribution in [0.3, 0.4) is 0 Å². The number of hydrogen-bond acceptors (Lipinski definition) is 5. The average Bonchev–Trinajstić information content (AvgIpc) is 2.45. The Hall–Kier alpha value is -1.92. The van der Waals surface area contributed by atoms with Crippen molar-refractivity contribution in [1.82, 2.24) is 0 Å². The maximum absolute atomic E-state index is 11.9. The number of amides is 1. The number of esters is 1. The smallest absolute Gasteiger partial charge is 0.339 e. The molecule has 0 aliphatic heterocycles. The number of nitrogens with one attached hydrogen (secondary N) is 1. The first-order chi connectivity index (χ1) is 9.49. The molecule has 1 aromatic carbocycles.